The monoisotopic (exact) mass is 574 g/mol. The van der Waals surface area contributed by atoms with Crippen molar-refractivity contribution in [3.63, 3.8) is 0 Å². The summed E-state index contributed by atoms with van der Waals surface area (Å²) in [6.07, 6.45) is 0.732. The van der Waals surface area contributed by atoms with E-state index in [0.29, 0.717) is 32.8 Å². The second-order valence-corrected chi connectivity index (χ2v) is 12.7. The fraction of sp³-hybridized carbons (Fsp3) is 0.276. The molecule has 3 N–H and O–H groups in total. The number of hydrogen-bond acceptors (Lipinski definition) is 9. The highest BCUT2D eigenvalue weighted by Gasteiger charge is 2.46. The second kappa shape index (κ2) is 10.9. The van der Waals surface area contributed by atoms with Gasteiger partial charge in [0.15, 0.2) is 10.1 Å². The number of thioether (sulfide) groups is 1. The third-order valence-electron chi connectivity index (χ3n) is 6.81. The molecule has 2 aromatic carbocycles. The van der Waals surface area contributed by atoms with E-state index in [1.54, 1.807) is 23.1 Å². The van der Waals surface area contributed by atoms with Gasteiger partial charge in [-0.25, -0.2) is 4.39 Å². The van der Waals surface area contributed by atoms with Crippen molar-refractivity contribution in [2.45, 2.75) is 43.9 Å². The fourth-order valence-corrected chi connectivity index (χ4v) is 6.83. The predicted octanol–water partition coefficient (Wildman–Crippen LogP) is 5.66. The number of carbonyl (C=O) groups excluding carboxylic acids is 2. The summed E-state index contributed by atoms with van der Waals surface area (Å²) in [5.41, 5.74) is 9.24. The molecule has 2 heterocycles. The lowest BCUT2D eigenvalue weighted by Crippen LogP contribution is -2.42. The van der Waals surface area contributed by atoms with Gasteiger partial charge in [-0.15, -0.1) is 10.2 Å². The van der Waals surface area contributed by atoms with Crippen LogP contribution in [-0.2, 0) is 9.59 Å². The minimum atomic E-state index is -0.909. The average Bonchev–Trinajstić information content (AvgIpc) is 3.35. The predicted molar refractivity (Wildman–Crippen MR) is 154 cm³/mol. The summed E-state index contributed by atoms with van der Waals surface area (Å²) in [6, 6.07) is 15.8. The van der Waals surface area contributed by atoms with E-state index in [4.69, 9.17) is 5.73 Å². The van der Waals surface area contributed by atoms with Crippen molar-refractivity contribution in [3.05, 3.63) is 88.1 Å². The molecule has 204 valence electrons. The third kappa shape index (κ3) is 5.37. The minimum absolute atomic E-state index is 0.0823. The van der Waals surface area contributed by atoms with Crippen LogP contribution in [0.25, 0.3) is 0 Å². The molecule has 0 saturated carbocycles. The summed E-state index contributed by atoms with van der Waals surface area (Å²) in [5.74, 6) is -1.56. The van der Waals surface area contributed by atoms with Gasteiger partial charge in [0.25, 0.3) is 0 Å². The zero-order valence-electron chi connectivity index (χ0n) is 22.2. The molecule has 1 aliphatic heterocycles. The van der Waals surface area contributed by atoms with Crippen LogP contribution in [0.2, 0.25) is 0 Å². The van der Waals surface area contributed by atoms with Crippen LogP contribution in [0.15, 0.2) is 75.5 Å². The summed E-state index contributed by atoms with van der Waals surface area (Å²) < 4.78 is 15.5. The summed E-state index contributed by atoms with van der Waals surface area (Å²) in [7, 11) is 0. The number of anilines is 2. The number of amides is 1. The summed E-state index contributed by atoms with van der Waals surface area (Å²) in [4.78, 5) is 27.7. The smallest absolute Gasteiger partial charge is 0.234 e. The van der Waals surface area contributed by atoms with Crippen molar-refractivity contribution in [2.75, 3.05) is 16.0 Å². The molecule has 40 heavy (non-hydrogen) atoms. The number of nitrogens with two attached hydrogens (primary N) is 1. The first-order chi connectivity index (χ1) is 19.1. The van der Waals surface area contributed by atoms with Crippen molar-refractivity contribution in [2.24, 2.45) is 11.1 Å². The molecule has 8 nitrogen and oxygen atoms in total. The molecule has 11 heteroatoms. The molecule has 3 aromatic rings. The molecule has 5 rings (SSSR count). The van der Waals surface area contributed by atoms with Gasteiger partial charge in [0.1, 0.15) is 11.6 Å². The molecule has 0 saturated heterocycles. The van der Waals surface area contributed by atoms with Gasteiger partial charge in [0, 0.05) is 28.9 Å². The van der Waals surface area contributed by atoms with Gasteiger partial charge in [-0.3, -0.25) is 14.5 Å². The number of aromatic nitrogens is 2. The largest absolute Gasteiger partial charge is 0.384 e. The standard InChI is InChI=1S/C29H27FN6O2S2/c1-16-7-6-8-17(11-16)33-23(38)15-39-28-35-34-27(40-28)36-21-12-29(2,3)13-22(37)25(21)24(19(14-31)26(36)32)18-9-4-5-10-20(18)30/h4-11,24H,12-13,15,32H2,1-3H3,(H,33,38). The molecule has 0 spiro atoms. The average molecular weight is 575 g/mol. The van der Waals surface area contributed by atoms with Crippen molar-refractivity contribution < 1.29 is 14.0 Å². The second-order valence-electron chi connectivity index (χ2n) is 10.6. The number of ketones is 1. The quantitative estimate of drug-likeness (QED) is 0.362. The minimum Gasteiger partial charge on any atom is -0.384 e. The van der Waals surface area contributed by atoms with E-state index in [9.17, 15) is 14.9 Å². The van der Waals surface area contributed by atoms with Gasteiger partial charge < -0.3 is 11.1 Å². The lowest BCUT2D eigenvalue weighted by Gasteiger charge is -2.42. The van der Waals surface area contributed by atoms with Gasteiger partial charge in [-0.2, -0.15) is 5.26 Å². The van der Waals surface area contributed by atoms with Crippen molar-refractivity contribution in [3.8, 4) is 6.07 Å². The van der Waals surface area contributed by atoms with Crippen molar-refractivity contribution >= 4 is 45.6 Å². The van der Waals surface area contributed by atoms with E-state index < -0.39 is 11.7 Å². The van der Waals surface area contributed by atoms with Crippen LogP contribution in [0.3, 0.4) is 0 Å². The highest BCUT2D eigenvalue weighted by molar-refractivity contribution is 8.01. The van der Waals surface area contributed by atoms with Gasteiger partial charge in [-0.1, -0.05) is 67.3 Å². The molecule has 2 aliphatic rings. The van der Waals surface area contributed by atoms with Crippen LogP contribution in [0, 0.1) is 29.5 Å². The summed E-state index contributed by atoms with van der Waals surface area (Å²) >= 11 is 2.43. The molecular weight excluding hydrogens is 547 g/mol. The summed E-state index contributed by atoms with van der Waals surface area (Å²) in [5, 5.41) is 21.9. The Kier molecular flexibility index (Phi) is 7.49. The summed E-state index contributed by atoms with van der Waals surface area (Å²) in [6.45, 7) is 5.92. The van der Waals surface area contributed by atoms with Gasteiger partial charge >= 0.3 is 0 Å². The number of aryl methyl sites for hydroxylation is 1. The molecule has 1 aromatic heterocycles. The normalized spacial score (nSPS) is 18.4. The number of halogens is 1. The molecule has 1 amide bonds. The first-order valence-electron chi connectivity index (χ1n) is 12.6. The number of nitriles is 1. The van der Waals surface area contributed by atoms with Gasteiger partial charge in [-0.05, 0) is 42.5 Å². The van der Waals surface area contributed by atoms with E-state index in [1.165, 1.54) is 29.2 Å². The Morgan fingerprint density at radius 3 is 2.75 bits per heavy atom. The van der Waals surface area contributed by atoms with Crippen LogP contribution in [0.1, 0.15) is 43.7 Å². The Morgan fingerprint density at radius 2 is 2.02 bits per heavy atom. The Labute approximate surface area is 239 Å². The zero-order valence-corrected chi connectivity index (χ0v) is 23.8. The van der Waals surface area contributed by atoms with Crippen LogP contribution in [-0.4, -0.2) is 27.6 Å². The zero-order chi connectivity index (χ0) is 28.6. The number of nitrogens with one attached hydrogen (secondary N) is 1. The third-order valence-corrected chi connectivity index (χ3v) is 8.85. The topological polar surface area (TPSA) is 125 Å². The molecule has 0 radical (unpaired) electrons. The maximum absolute atomic E-state index is 15.0. The number of allylic oxidation sites excluding steroid dienone is 3. The molecule has 0 bridgehead atoms. The van der Waals surface area contributed by atoms with Crippen LogP contribution >= 0.6 is 23.1 Å². The number of Topliss-reactive ketones (excluding diaryl/α,β-unsaturated/α-hetero) is 1. The highest BCUT2D eigenvalue weighted by Crippen LogP contribution is 2.51. The molecule has 1 unspecified atom stereocenters. The van der Waals surface area contributed by atoms with Gasteiger partial charge in [0.05, 0.1) is 23.3 Å². The van der Waals surface area contributed by atoms with Crippen molar-refractivity contribution in [1.29, 1.82) is 5.26 Å². The maximum atomic E-state index is 15.0. The Hall–Kier alpha value is -4.01. The number of hydrogen-bond donors (Lipinski definition) is 2. The molecule has 1 atom stereocenters. The van der Waals surface area contributed by atoms with Crippen LogP contribution in [0.4, 0.5) is 15.2 Å². The number of carbonyl (C=O) groups is 2. The lowest BCUT2D eigenvalue weighted by molar-refractivity contribution is -0.118. The van der Waals surface area contributed by atoms with E-state index in [-0.39, 0.29) is 46.2 Å². The molecule has 0 fully saturated rings. The highest BCUT2D eigenvalue weighted by atomic mass is 32.2. The van der Waals surface area contributed by atoms with Crippen molar-refractivity contribution in [1.82, 2.24) is 10.2 Å². The Balaban J connectivity index is 1.47. The number of benzene rings is 2. The molecule has 1 aliphatic carbocycles. The first kappa shape index (κ1) is 27.6. The fourth-order valence-electron chi connectivity index (χ4n) is 5.15. The van der Waals surface area contributed by atoms with E-state index >= 15 is 4.39 Å². The van der Waals surface area contributed by atoms with Crippen LogP contribution < -0.4 is 16.0 Å². The SMILES string of the molecule is Cc1cccc(NC(=O)CSc2nnc(N3C(N)=C(C#N)C(c4ccccc4F)C4=C3CC(C)(C)CC4=O)s2)c1. The van der Waals surface area contributed by atoms with Gasteiger partial charge in [0.2, 0.25) is 11.0 Å². The maximum Gasteiger partial charge on any atom is 0.234 e. The van der Waals surface area contributed by atoms with E-state index in [0.717, 1.165) is 5.56 Å². The number of rotatable bonds is 6. The van der Waals surface area contributed by atoms with Crippen LogP contribution in [0.5, 0.6) is 0 Å². The van der Waals surface area contributed by atoms with E-state index in [2.05, 4.69) is 21.6 Å². The Bertz CT molecular complexity index is 1620. The molecular formula is C29H27FN6O2S2. The lowest BCUT2D eigenvalue weighted by atomic mass is 9.68. The first-order valence-corrected chi connectivity index (χ1v) is 14.4. The number of nitrogens with zero attached hydrogens (tertiary/aromatic N) is 4. The van der Waals surface area contributed by atoms with E-state index in [1.807, 2.05) is 45.0 Å². The Morgan fingerprint density at radius 1 is 1.25 bits per heavy atom.